The summed E-state index contributed by atoms with van der Waals surface area (Å²) in [5.41, 5.74) is 4.21. The summed E-state index contributed by atoms with van der Waals surface area (Å²) in [6, 6.07) is 20.5. The number of aromatic amines is 1. The van der Waals surface area contributed by atoms with Crippen molar-refractivity contribution < 1.29 is 13.6 Å². The molecule has 0 unspecified atom stereocenters. The molecular formula is C24H20F2N2O. The van der Waals surface area contributed by atoms with Crippen molar-refractivity contribution in [1.29, 1.82) is 0 Å². The number of fused-ring (bicyclic) bond motifs is 1. The number of H-pyrrole nitrogens is 1. The maximum atomic E-state index is 13.7. The van der Waals surface area contributed by atoms with Crippen LogP contribution in [0.15, 0.2) is 72.8 Å². The number of para-hydroxylation sites is 1. The molecule has 0 saturated heterocycles. The van der Waals surface area contributed by atoms with Crippen LogP contribution in [0.4, 0.5) is 8.78 Å². The zero-order valence-corrected chi connectivity index (χ0v) is 15.7. The summed E-state index contributed by atoms with van der Waals surface area (Å²) in [5.74, 6) is -0.886. The van der Waals surface area contributed by atoms with Gasteiger partial charge in [-0.15, -0.1) is 0 Å². The molecule has 1 amide bonds. The topological polar surface area (TPSA) is 44.9 Å². The Morgan fingerprint density at radius 2 is 1.62 bits per heavy atom. The number of amides is 1. The summed E-state index contributed by atoms with van der Waals surface area (Å²) < 4.78 is 27.1. The van der Waals surface area contributed by atoms with Crippen LogP contribution in [0.25, 0.3) is 22.2 Å². The third-order valence-corrected chi connectivity index (χ3v) is 4.95. The molecule has 1 heterocycles. The highest BCUT2D eigenvalue weighted by Crippen LogP contribution is 2.30. The molecule has 0 aliphatic heterocycles. The Kier molecular flexibility index (Phi) is 5.38. The van der Waals surface area contributed by atoms with Gasteiger partial charge in [0.25, 0.3) is 0 Å². The molecular weight excluding hydrogens is 370 g/mol. The van der Waals surface area contributed by atoms with Crippen molar-refractivity contribution in [2.24, 2.45) is 0 Å². The zero-order valence-electron chi connectivity index (χ0n) is 15.7. The molecule has 0 radical (unpaired) electrons. The molecule has 0 saturated carbocycles. The minimum Gasteiger partial charge on any atom is -0.355 e. The van der Waals surface area contributed by atoms with Gasteiger partial charge in [0.05, 0.1) is 6.42 Å². The highest BCUT2D eigenvalue weighted by molar-refractivity contribution is 5.91. The van der Waals surface area contributed by atoms with E-state index in [2.05, 4.69) is 10.3 Å². The van der Waals surface area contributed by atoms with Gasteiger partial charge in [0.2, 0.25) is 5.91 Å². The van der Waals surface area contributed by atoms with Crippen molar-refractivity contribution in [3.63, 3.8) is 0 Å². The average Bonchev–Trinajstić information content (AvgIpc) is 3.09. The van der Waals surface area contributed by atoms with Crippen molar-refractivity contribution in [2.45, 2.75) is 12.8 Å². The minimum absolute atomic E-state index is 0.00533. The molecule has 3 nitrogen and oxygen atoms in total. The van der Waals surface area contributed by atoms with E-state index in [0.29, 0.717) is 18.5 Å². The first-order chi connectivity index (χ1) is 14.1. The highest BCUT2D eigenvalue weighted by atomic mass is 19.1. The number of hydrogen-bond acceptors (Lipinski definition) is 1. The molecule has 0 bridgehead atoms. The number of halogens is 2. The fourth-order valence-corrected chi connectivity index (χ4v) is 3.53. The van der Waals surface area contributed by atoms with Crippen LogP contribution in [0.3, 0.4) is 0 Å². The van der Waals surface area contributed by atoms with Crippen LogP contribution < -0.4 is 5.32 Å². The van der Waals surface area contributed by atoms with Gasteiger partial charge in [0.1, 0.15) is 11.6 Å². The first-order valence-corrected chi connectivity index (χ1v) is 9.47. The summed E-state index contributed by atoms with van der Waals surface area (Å²) in [7, 11) is 0. The summed E-state index contributed by atoms with van der Waals surface area (Å²) in [5, 5.41) is 3.93. The average molecular weight is 390 g/mol. The molecule has 4 rings (SSSR count). The molecule has 0 spiro atoms. The Hall–Kier alpha value is -3.47. The number of hydrogen-bond donors (Lipinski definition) is 2. The lowest BCUT2D eigenvalue weighted by molar-refractivity contribution is -0.120. The van der Waals surface area contributed by atoms with E-state index in [0.717, 1.165) is 27.7 Å². The highest BCUT2D eigenvalue weighted by Gasteiger charge is 2.14. The van der Waals surface area contributed by atoms with Crippen molar-refractivity contribution in [1.82, 2.24) is 10.3 Å². The number of carbonyl (C=O) groups excluding carboxylic acids is 1. The van der Waals surface area contributed by atoms with Crippen molar-refractivity contribution in [3.05, 3.63) is 95.6 Å². The van der Waals surface area contributed by atoms with Gasteiger partial charge in [-0.25, -0.2) is 8.78 Å². The second-order valence-electron chi connectivity index (χ2n) is 6.90. The van der Waals surface area contributed by atoms with Crippen LogP contribution in [0.1, 0.15) is 11.1 Å². The van der Waals surface area contributed by atoms with Crippen LogP contribution in [-0.4, -0.2) is 17.4 Å². The third-order valence-electron chi connectivity index (χ3n) is 4.95. The van der Waals surface area contributed by atoms with Gasteiger partial charge in [-0.2, -0.15) is 0 Å². The third kappa shape index (κ3) is 4.19. The smallest absolute Gasteiger partial charge is 0.224 e. The van der Waals surface area contributed by atoms with Crippen LogP contribution in [-0.2, 0) is 17.6 Å². The quantitative estimate of drug-likeness (QED) is 0.477. The van der Waals surface area contributed by atoms with Crippen LogP contribution in [0, 0.1) is 11.6 Å². The van der Waals surface area contributed by atoms with Gasteiger partial charge in [-0.1, -0.05) is 36.4 Å². The summed E-state index contributed by atoms with van der Waals surface area (Å²) >= 11 is 0. The minimum atomic E-state index is -0.377. The molecule has 4 aromatic rings. The Morgan fingerprint density at radius 3 is 2.41 bits per heavy atom. The van der Waals surface area contributed by atoms with E-state index in [-0.39, 0.29) is 24.0 Å². The largest absolute Gasteiger partial charge is 0.355 e. The SMILES string of the molecule is O=C(Cc1ccccc1F)NCCc1c(-c2ccc(F)cc2)[nH]c2ccccc12. The van der Waals surface area contributed by atoms with Crippen LogP contribution >= 0.6 is 0 Å². The van der Waals surface area contributed by atoms with Gasteiger partial charge in [0.15, 0.2) is 0 Å². The molecule has 5 heteroatoms. The van der Waals surface area contributed by atoms with Gasteiger partial charge < -0.3 is 10.3 Å². The molecule has 0 fully saturated rings. The Balaban J connectivity index is 1.51. The maximum Gasteiger partial charge on any atom is 0.224 e. The van der Waals surface area contributed by atoms with Crippen molar-refractivity contribution in [2.75, 3.05) is 6.54 Å². The summed E-state index contributed by atoms with van der Waals surface area (Å²) in [4.78, 5) is 15.6. The lowest BCUT2D eigenvalue weighted by atomic mass is 10.0. The molecule has 146 valence electrons. The molecule has 29 heavy (non-hydrogen) atoms. The predicted molar refractivity (Wildman–Crippen MR) is 111 cm³/mol. The Labute approximate surface area is 167 Å². The number of nitrogens with one attached hydrogen (secondary N) is 2. The van der Waals surface area contributed by atoms with Crippen molar-refractivity contribution >= 4 is 16.8 Å². The molecule has 0 atom stereocenters. The van der Waals surface area contributed by atoms with E-state index < -0.39 is 0 Å². The number of rotatable bonds is 6. The standard InChI is InChI=1S/C24H20F2N2O/c25-18-11-9-16(10-12-18)24-20(19-6-2-4-8-22(19)28-24)13-14-27-23(29)15-17-5-1-3-7-21(17)26/h1-12,28H,13-15H2,(H,27,29). The van der Waals surface area contributed by atoms with Gasteiger partial charge in [-0.05, 0) is 59.5 Å². The molecule has 2 N–H and O–H groups in total. The summed E-state index contributed by atoms with van der Waals surface area (Å²) in [6.45, 7) is 0.420. The van der Waals surface area contributed by atoms with E-state index in [1.807, 2.05) is 24.3 Å². The summed E-state index contributed by atoms with van der Waals surface area (Å²) in [6.07, 6.45) is 0.602. The fourth-order valence-electron chi connectivity index (χ4n) is 3.53. The van der Waals surface area contributed by atoms with E-state index in [1.165, 1.54) is 18.2 Å². The lowest BCUT2D eigenvalue weighted by Crippen LogP contribution is -2.27. The first kappa shape index (κ1) is 18.9. The second kappa shape index (κ2) is 8.27. The second-order valence-corrected chi connectivity index (χ2v) is 6.90. The van der Waals surface area contributed by atoms with E-state index >= 15 is 0 Å². The number of benzene rings is 3. The van der Waals surface area contributed by atoms with Crippen LogP contribution in [0.5, 0.6) is 0 Å². The van der Waals surface area contributed by atoms with E-state index in [4.69, 9.17) is 0 Å². The van der Waals surface area contributed by atoms with Crippen LogP contribution in [0.2, 0.25) is 0 Å². The van der Waals surface area contributed by atoms with E-state index in [1.54, 1.807) is 30.3 Å². The van der Waals surface area contributed by atoms with E-state index in [9.17, 15) is 13.6 Å². The Bertz CT molecular complexity index is 1150. The molecule has 0 aliphatic carbocycles. The molecule has 1 aromatic heterocycles. The molecule has 0 aliphatic rings. The predicted octanol–water partition coefficient (Wildman–Crippen LogP) is 5.01. The maximum absolute atomic E-state index is 13.7. The van der Waals surface area contributed by atoms with Gasteiger partial charge in [0, 0.05) is 23.1 Å². The zero-order chi connectivity index (χ0) is 20.2. The Morgan fingerprint density at radius 1 is 0.897 bits per heavy atom. The first-order valence-electron chi connectivity index (χ1n) is 9.47. The number of carbonyl (C=O) groups is 1. The lowest BCUT2D eigenvalue weighted by Gasteiger charge is -2.08. The number of aromatic nitrogens is 1. The normalized spacial score (nSPS) is 11.0. The van der Waals surface area contributed by atoms with Crippen molar-refractivity contribution in [3.8, 4) is 11.3 Å². The molecule has 3 aromatic carbocycles. The monoisotopic (exact) mass is 390 g/mol. The fraction of sp³-hybridized carbons (Fsp3) is 0.125. The van der Waals surface area contributed by atoms with Gasteiger partial charge >= 0.3 is 0 Å². The van der Waals surface area contributed by atoms with Gasteiger partial charge in [-0.3, -0.25) is 4.79 Å².